The Bertz CT molecular complexity index is 1050. The highest BCUT2D eigenvalue weighted by Crippen LogP contribution is 2.15. The molecule has 8 nitrogen and oxygen atoms in total. The maximum Gasteiger partial charge on any atom is 0.306 e. The molecule has 0 saturated carbocycles. The van der Waals surface area contributed by atoms with E-state index in [4.69, 9.17) is 14.2 Å². The number of carbonyl (C=O) groups excluding carboxylic acids is 3. The topological polar surface area (TPSA) is 102 Å². The van der Waals surface area contributed by atoms with Gasteiger partial charge in [-0.25, -0.2) is 0 Å². The van der Waals surface area contributed by atoms with E-state index < -0.39 is 18.1 Å². The Morgan fingerprint density at radius 2 is 0.931 bits per heavy atom. The monoisotopic (exact) mass is 818 g/mol. The predicted molar refractivity (Wildman–Crippen MR) is 240 cm³/mol. The van der Waals surface area contributed by atoms with Gasteiger partial charge in [0.1, 0.15) is 12.6 Å². The number of carboxylic acids is 1. The van der Waals surface area contributed by atoms with Crippen LogP contribution in [0.5, 0.6) is 0 Å². The summed E-state index contributed by atoms with van der Waals surface area (Å²) >= 11 is 0. The average Bonchev–Trinajstić information content (AvgIpc) is 3.18. The summed E-state index contributed by atoms with van der Waals surface area (Å²) in [5, 5.41) is 11.6. The van der Waals surface area contributed by atoms with Crippen molar-refractivity contribution in [2.24, 2.45) is 0 Å². The molecule has 0 saturated heterocycles. The number of nitrogens with zero attached hydrogens (tertiary/aromatic N) is 1. The fourth-order valence-corrected chi connectivity index (χ4v) is 6.98. The number of carboxylic acid groups (broad SMARTS) is 1. The van der Waals surface area contributed by atoms with E-state index in [1.165, 1.54) is 128 Å². The smallest absolute Gasteiger partial charge is 0.306 e. The normalized spacial score (nSPS) is 13.2. The van der Waals surface area contributed by atoms with Crippen molar-refractivity contribution in [2.45, 2.75) is 225 Å². The molecule has 0 fully saturated rings. The van der Waals surface area contributed by atoms with Crippen molar-refractivity contribution >= 4 is 17.9 Å². The van der Waals surface area contributed by atoms with Gasteiger partial charge in [-0.2, -0.15) is 0 Å². The highest BCUT2D eigenvalue weighted by molar-refractivity contribution is 5.70. The molecule has 0 N–H and O–H groups in total. The summed E-state index contributed by atoms with van der Waals surface area (Å²) < 4.78 is 17.1. The van der Waals surface area contributed by atoms with Gasteiger partial charge in [-0.1, -0.05) is 172 Å². The summed E-state index contributed by atoms with van der Waals surface area (Å²) in [5.41, 5.74) is 0. The molecular formula is C50H91NO7. The maximum absolute atomic E-state index is 12.7. The van der Waals surface area contributed by atoms with Gasteiger partial charge in [0.2, 0.25) is 0 Å². The van der Waals surface area contributed by atoms with Crippen LogP contribution in [0.15, 0.2) is 36.5 Å². The van der Waals surface area contributed by atoms with E-state index in [0.717, 1.165) is 51.4 Å². The van der Waals surface area contributed by atoms with Crippen LogP contribution < -0.4 is 5.11 Å². The number of quaternary nitrogens is 1. The van der Waals surface area contributed by atoms with Crippen LogP contribution in [0.1, 0.15) is 213 Å². The first-order chi connectivity index (χ1) is 28.1. The molecule has 2 unspecified atom stereocenters. The molecule has 58 heavy (non-hydrogen) atoms. The van der Waals surface area contributed by atoms with E-state index >= 15 is 0 Å². The number of aliphatic carboxylic acids is 1. The molecule has 0 aromatic rings. The van der Waals surface area contributed by atoms with Gasteiger partial charge in [0.25, 0.3) is 0 Å². The summed E-state index contributed by atoms with van der Waals surface area (Å²) in [6.45, 7) is 4.59. The highest BCUT2D eigenvalue weighted by Gasteiger charge is 2.25. The van der Waals surface area contributed by atoms with Gasteiger partial charge in [0, 0.05) is 19.3 Å². The molecule has 0 aromatic carbocycles. The number of esters is 2. The van der Waals surface area contributed by atoms with Gasteiger partial charge in [0.05, 0.1) is 40.3 Å². The first-order valence-corrected chi connectivity index (χ1v) is 24.0. The molecular weight excluding hydrogens is 727 g/mol. The Hall–Kier alpha value is -2.45. The van der Waals surface area contributed by atoms with Gasteiger partial charge in [-0.05, 0) is 57.8 Å². The van der Waals surface area contributed by atoms with Gasteiger partial charge < -0.3 is 28.6 Å². The summed E-state index contributed by atoms with van der Waals surface area (Å²) in [6.07, 6.45) is 47.6. The van der Waals surface area contributed by atoms with Crippen LogP contribution in [0, 0.1) is 0 Å². The first-order valence-electron chi connectivity index (χ1n) is 24.0. The molecule has 0 radical (unpaired) electrons. The molecule has 0 rings (SSSR count). The van der Waals surface area contributed by atoms with Crippen LogP contribution in [-0.2, 0) is 28.6 Å². The Labute approximate surface area is 357 Å². The van der Waals surface area contributed by atoms with Crippen LogP contribution >= 0.6 is 0 Å². The van der Waals surface area contributed by atoms with E-state index in [1.54, 1.807) is 21.1 Å². The average molecular weight is 818 g/mol. The van der Waals surface area contributed by atoms with Crippen LogP contribution in [0.4, 0.5) is 0 Å². The number of rotatable bonds is 43. The third-order valence-electron chi connectivity index (χ3n) is 10.8. The number of carbonyl (C=O) groups is 3. The first kappa shape index (κ1) is 55.5. The SMILES string of the molecule is CCCC/C=C/C=C/CCCCCC(=O)OCC(COCCC(C(=O)[O-])[N+](C)(C)C)OC(=O)CCCCCCCCC/C=C/CCCCCCCCCCCCCC. The van der Waals surface area contributed by atoms with Crippen molar-refractivity contribution in [3.05, 3.63) is 36.5 Å². The van der Waals surface area contributed by atoms with Crippen LogP contribution in [0.3, 0.4) is 0 Å². The second-order valence-electron chi connectivity index (χ2n) is 17.4. The molecule has 0 heterocycles. The van der Waals surface area contributed by atoms with Crippen LogP contribution in [0.25, 0.3) is 0 Å². The Balaban J connectivity index is 4.22. The standard InChI is InChI=1S/C50H91NO7/c1-6-8-10-12-14-16-18-19-20-21-22-23-24-25-26-27-28-29-31-33-35-37-39-41-49(53)58-46(44-56-43-42-47(50(54)55)51(3,4)5)45-57-48(52)40-38-36-34-32-30-17-15-13-11-9-7-2/h13,15,17,25-26,30,46-47H,6-12,14,16,18-24,27-29,31-45H2,1-5H3/b15-13+,26-25+,30-17+. The van der Waals surface area contributed by atoms with Crippen molar-refractivity contribution in [3.8, 4) is 0 Å². The largest absolute Gasteiger partial charge is 0.544 e. The van der Waals surface area contributed by atoms with Gasteiger partial charge in [-0.3, -0.25) is 9.59 Å². The lowest BCUT2D eigenvalue weighted by atomic mass is 10.0. The number of allylic oxidation sites excluding steroid dienone is 6. The van der Waals surface area contributed by atoms with Gasteiger partial charge >= 0.3 is 11.9 Å². The Morgan fingerprint density at radius 3 is 1.41 bits per heavy atom. The quantitative estimate of drug-likeness (QED) is 0.0198. The summed E-state index contributed by atoms with van der Waals surface area (Å²) in [4.78, 5) is 36.8. The molecule has 2 atom stereocenters. The minimum atomic E-state index is -1.13. The lowest BCUT2D eigenvalue weighted by molar-refractivity contribution is -0.889. The lowest BCUT2D eigenvalue weighted by Gasteiger charge is -2.34. The zero-order valence-corrected chi connectivity index (χ0v) is 38.5. The molecule has 0 aromatic heterocycles. The molecule has 0 aliphatic rings. The van der Waals surface area contributed by atoms with Gasteiger partial charge in [-0.15, -0.1) is 0 Å². The van der Waals surface area contributed by atoms with E-state index in [-0.39, 0.29) is 42.7 Å². The number of ether oxygens (including phenoxy) is 3. The summed E-state index contributed by atoms with van der Waals surface area (Å²) in [6, 6.07) is -0.729. The minimum absolute atomic E-state index is 0.0315. The number of likely N-dealkylation sites (N-methyl/N-ethyl adjacent to an activating group) is 1. The number of hydrogen-bond acceptors (Lipinski definition) is 7. The second-order valence-corrected chi connectivity index (χ2v) is 17.4. The third kappa shape index (κ3) is 39.0. The molecule has 338 valence electrons. The zero-order chi connectivity index (χ0) is 42.8. The molecule has 0 spiro atoms. The summed E-state index contributed by atoms with van der Waals surface area (Å²) in [7, 11) is 5.40. The molecule has 0 aliphatic carbocycles. The van der Waals surface area contributed by atoms with Crippen LogP contribution in [0.2, 0.25) is 0 Å². The Morgan fingerprint density at radius 1 is 0.517 bits per heavy atom. The Kier molecular flexibility index (Phi) is 39.5. The fourth-order valence-electron chi connectivity index (χ4n) is 6.98. The van der Waals surface area contributed by atoms with E-state index in [2.05, 4.69) is 50.3 Å². The third-order valence-corrected chi connectivity index (χ3v) is 10.8. The minimum Gasteiger partial charge on any atom is -0.544 e. The highest BCUT2D eigenvalue weighted by atomic mass is 16.6. The maximum atomic E-state index is 12.7. The van der Waals surface area contributed by atoms with Crippen LogP contribution in [-0.4, -0.2) is 75.5 Å². The lowest BCUT2D eigenvalue weighted by Crippen LogP contribution is -2.55. The zero-order valence-electron chi connectivity index (χ0n) is 38.5. The molecule has 8 heteroatoms. The van der Waals surface area contributed by atoms with Crippen molar-refractivity contribution in [1.82, 2.24) is 0 Å². The predicted octanol–water partition coefficient (Wildman–Crippen LogP) is 12.1. The molecule has 0 amide bonds. The van der Waals surface area contributed by atoms with E-state index in [1.807, 2.05) is 0 Å². The number of hydrogen-bond donors (Lipinski definition) is 0. The summed E-state index contributed by atoms with van der Waals surface area (Å²) in [5.74, 6) is -1.77. The van der Waals surface area contributed by atoms with Crippen molar-refractivity contribution < 1.29 is 38.2 Å². The second kappa shape index (κ2) is 41.3. The molecule has 0 aliphatic heterocycles. The number of unbranched alkanes of at least 4 members (excludes halogenated alkanes) is 24. The van der Waals surface area contributed by atoms with E-state index in [9.17, 15) is 19.5 Å². The molecule has 0 bridgehead atoms. The van der Waals surface area contributed by atoms with Crippen molar-refractivity contribution in [3.63, 3.8) is 0 Å². The van der Waals surface area contributed by atoms with Crippen molar-refractivity contribution in [1.29, 1.82) is 0 Å². The van der Waals surface area contributed by atoms with Gasteiger partial charge in [0.15, 0.2) is 6.10 Å². The van der Waals surface area contributed by atoms with Crippen molar-refractivity contribution in [2.75, 3.05) is 41.0 Å². The van der Waals surface area contributed by atoms with E-state index in [0.29, 0.717) is 12.8 Å². The fraction of sp³-hybridized carbons (Fsp3) is 0.820.